The van der Waals surface area contributed by atoms with Crippen molar-refractivity contribution < 1.29 is 0 Å². The van der Waals surface area contributed by atoms with E-state index in [9.17, 15) is 0 Å². The number of nitrogens with zero attached hydrogens (tertiary/aromatic N) is 3. The third kappa shape index (κ3) is 4.10. The summed E-state index contributed by atoms with van der Waals surface area (Å²) in [5.74, 6) is 0.717. The Balaban J connectivity index is 1.32. The van der Waals surface area contributed by atoms with Gasteiger partial charge in [0.05, 0.1) is 28.2 Å². The molecule has 7 aromatic carbocycles. The van der Waals surface area contributed by atoms with E-state index in [1.165, 1.54) is 44.8 Å². The third-order valence-electron chi connectivity index (χ3n) is 10.3. The molecule has 0 bridgehead atoms. The zero-order valence-electron chi connectivity index (χ0n) is 27.2. The van der Waals surface area contributed by atoms with E-state index >= 15 is 0 Å². The molecule has 0 fully saturated rings. The fourth-order valence-electron chi connectivity index (χ4n) is 8.29. The van der Waals surface area contributed by atoms with Crippen LogP contribution in [-0.4, -0.2) is 9.97 Å². The number of hydrogen-bond donors (Lipinski definition) is 0. The molecule has 1 aromatic heterocycles. The second-order valence-electron chi connectivity index (χ2n) is 12.9. The lowest BCUT2D eigenvalue weighted by molar-refractivity contribution is 0.753. The van der Waals surface area contributed by atoms with Crippen LogP contribution in [0, 0.1) is 0 Å². The molecular weight excluding hydrogens is 607 g/mol. The van der Waals surface area contributed by atoms with Crippen LogP contribution in [0.1, 0.15) is 22.3 Å². The fourth-order valence-corrected chi connectivity index (χ4v) is 8.29. The highest BCUT2D eigenvalue weighted by molar-refractivity contribution is 5.98. The maximum Gasteiger partial charge on any atom is 0.160 e. The van der Waals surface area contributed by atoms with Crippen molar-refractivity contribution in [3.8, 4) is 45.0 Å². The summed E-state index contributed by atoms with van der Waals surface area (Å²) in [7, 11) is 0. The Labute approximate surface area is 291 Å². The van der Waals surface area contributed by atoms with Crippen LogP contribution in [0.15, 0.2) is 188 Å². The van der Waals surface area contributed by atoms with Gasteiger partial charge in [0.15, 0.2) is 5.82 Å². The Morgan fingerprint density at radius 2 is 0.840 bits per heavy atom. The molecule has 1 aliphatic heterocycles. The topological polar surface area (TPSA) is 29.0 Å². The van der Waals surface area contributed by atoms with Gasteiger partial charge in [-0.15, -0.1) is 0 Å². The number of rotatable bonds is 4. The summed E-state index contributed by atoms with van der Waals surface area (Å²) in [6, 6.07) is 67.1. The van der Waals surface area contributed by atoms with Gasteiger partial charge in [0, 0.05) is 22.4 Å². The van der Waals surface area contributed by atoms with Crippen LogP contribution in [0.25, 0.3) is 45.0 Å². The van der Waals surface area contributed by atoms with Gasteiger partial charge in [0.25, 0.3) is 0 Å². The molecular formula is C47H31N3. The average molecular weight is 638 g/mol. The van der Waals surface area contributed by atoms with E-state index in [-0.39, 0.29) is 0 Å². The molecule has 10 rings (SSSR count). The van der Waals surface area contributed by atoms with Crippen molar-refractivity contribution in [2.24, 2.45) is 0 Å². The monoisotopic (exact) mass is 637 g/mol. The summed E-state index contributed by atoms with van der Waals surface area (Å²) in [4.78, 5) is 13.2. The minimum atomic E-state index is -0.611. The first-order valence-corrected chi connectivity index (χ1v) is 17.1. The van der Waals surface area contributed by atoms with Gasteiger partial charge in [0.1, 0.15) is 0 Å². The van der Waals surface area contributed by atoms with Crippen molar-refractivity contribution in [3.63, 3.8) is 0 Å². The molecule has 1 spiro atoms. The number of benzene rings is 7. The van der Waals surface area contributed by atoms with Gasteiger partial charge < -0.3 is 4.90 Å². The molecule has 2 aliphatic rings. The second-order valence-corrected chi connectivity index (χ2v) is 12.9. The van der Waals surface area contributed by atoms with Gasteiger partial charge in [-0.25, -0.2) is 9.97 Å². The van der Waals surface area contributed by atoms with Gasteiger partial charge in [-0.2, -0.15) is 0 Å². The number of fused-ring (bicyclic) bond motifs is 9. The number of aromatic nitrogens is 2. The van der Waals surface area contributed by atoms with Crippen LogP contribution in [0.5, 0.6) is 0 Å². The molecule has 234 valence electrons. The lowest BCUT2D eigenvalue weighted by Crippen LogP contribution is -2.36. The third-order valence-corrected chi connectivity index (χ3v) is 10.3. The summed E-state index contributed by atoms with van der Waals surface area (Å²) in [6.07, 6.45) is 0. The zero-order valence-corrected chi connectivity index (χ0v) is 27.2. The van der Waals surface area contributed by atoms with Gasteiger partial charge in [-0.05, 0) is 63.7 Å². The molecule has 0 saturated carbocycles. The van der Waals surface area contributed by atoms with Crippen molar-refractivity contribution in [2.75, 3.05) is 4.90 Å². The normalized spacial score (nSPS) is 13.3. The van der Waals surface area contributed by atoms with Crippen LogP contribution in [0.3, 0.4) is 0 Å². The number of para-hydroxylation sites is 3. The molecule has 8 aromatic rings. The minimum absolute atomic E-state index is 0.611. The van der Waals surface area contributed by atoms with Gasteiger partial charge >= 0.3 is 0 Å². The van der Waals surface area contributed by atoms with Crippen molar-refractivity contribution in [3.05, 3.63) is 210 Å². The zero-order chi connectivity index (χ0) is 33.1. The van der Waals surface area contributed by atoms with E-state index < -0.39 is 5.41 Å². The first kappa shape index (κ1) is 28.4. The van der Waals surface area contributed by atoms with E-state index in [0.717, 1.165) is 39.6 Å². The lowest BCUT2D eigenvalue weighted by atomic mass is 9.63. The molecule has 0 amide bonds. The van der Waals surface area contributed by atoms with Crippen LogP contribution < -0.4 is 4.90 Å². The predicted molar refractivity (Wildman–Crippen MR) is 204 cm³/mol. The smallest absolute Gasteiger partial charge is 0.160 e. The van der Waals surface area contributed by atoms with Crippen LogP contribution >= 0.6 is 0 Å². The Hall–Kier alpha value is -6.58. The summed E-state index contributed by atoms with van der Waals surface area (Å²) in [5, 5.41) is 0. The summed E-state index contributed by atoms with van der Waals surface area (Å²) in [6.45, 7) is 0. The molecule has 0 N–H and O–H groups in total. The van der Waals surface area contributed by atoms with Crippen LogP contribution in [-0.2, 0) is 5.41 Å². The molecule has 0 saturated heterocycles. The Bertz CT molecular complexity index is 2440. The van der Waals surface area contributed by atoms with Crippen LogP contribution in [0.4, 0.5) is 17.1 Å². The lowest BCUT2D eigenvalue weighted by Gasteiger charge is -2.45. The molecule has 2 heterocycles. The highest BCUT2D eigenvalue weighted by Crippen LogP contribution is 2.64. The van der Waals surface area contributed by atoms with Crippen molar-refractivity contribution >= 4 is 17.1 Å². The Kier molecular flexibility index (Phi) is 6.40. The van der Waals surface area contributed by atoms with E-state index in [4.69, 9.17) is 9.97 Å². The summed E-state index contributed by atoms with van der Waals surface area (Å²) in [5.41, 5.74) is 15.2. The predicted octanol–water partition coefficient (Wildman–Crippen LogP) is 11.6. The fraction of sp³-hybridized carbons (Fsp3) is 0.0213. The SMILES string of the molecule is c1ccc(-c2cc(-c3ccccc3)nc(-c3cccc4c3C3(c5ccccc5-4)c4ccccc4N(c4ccccc4)c4ccccc43)n2)cc1. The van der Waals surface area contributed by atoms with Gasteiger partial charge in [-0.1, -0.05) is 158 Å². The molecule has 50 heavy (non-hydrogen) atoms. The maximum atomic E-state index is 5.37. The van der Waals surface area contributed by atoms with Gasteiger partial charge in [0.2, 0.25) is 0 Å². The molecule has 1 aliphatic carbocycles. The average Bonchev–Trinajstić information content (AvgIpc) is 3.50. The molecule has 0 unspecified atom stereocenters. The van der Waals surface area contributed by atoms with Crippen molar-refractivity contribution in [1.29, 1.82) is 0 Å². The maximum absolute atomic E-state index is 5.37. The number of hydrogen-bond acceptors (Lipinski definition) is 3. The largest absolute Gasteiger partial charge is 0.310 e. The van der Waals surface area contributed by atoms with E-state index in [0.29, 0.717) is 0 Å². The first-order chi connectivity index (χ1) is 24.8. The van der Waals surface area contributed by atoms with Gasteiger partial charge in [-0.3, -0.25) is 0 Å². The quantitative estimate of drug-likeness (QED) is 0.192. The molecule has 3 nitrogen and oxygen atoms in total. The molecule has 3 heteroatoms. The Morgan fingerprint density at radius 3 is 1.44 bits per heavy atom. The van der Waals surface area contributed by atoms with Crippen molar-refractivity contribution in [2.45, 2.75) is 5.41 Å². The summed E-state index contributed by atoms with van der Waals surface area (Å²) >= 11 is 0. The second kappa shape index (κ2) is 11.3. The van der Waals surface area contributed by atoms with E-state index in [1.807, 2.05) is 12.1 Å². The minimum Gasteiger partial charge on any atom is -0.310 e. The van der Waals surface area contributed by atoms with E-state index in [2.05, 4.69) is 181 Å². The number of anilines is 3. The highest BCUT2D eigenvalue weighted by Gasteiger charge is 2.53. The van der Waals surface area contributed by atoms with Crippen LogP contribution in [0.2, 0.25) is 0 Å². The first-order valence-electron chi connectivity index (χ1n) is 17.1. The standard InChI is InChI=1S/C47H31N3/c1-4-17-32(18-5-1)41-31-42(33-19-6-2-7-20-33)49-46(48-41)37-25-16-24-36-35-23-10-11-26-38(35)47(45(36)37)39-27-12-14-29-43(39)50(34-21-8-3-9-22-34)44-30-15-13-28-40(44)47/h1-31H. The van der Waals surface area contributed by atoms with E-state index in [1.54, 1.807) is 0 Å². The summed E-state index contributed by atoms with van der Waals surface area (Å²) < 4.78 is 0. The Morgan fingerprint density at radius 1 is 0.380 bits per heavy atom. The molecule has 0 radical (unpaired) electrons. The molecule has 0 atom stereocenters. The highest BCUT2D eigenvalue weighted by atomic mass is 15.2. The van der Waals surface area contributed by atoms with Crippen molar-refractivity contribution in [1.82, 2.24) is 9.97 Å².